The van der Waals surface area contributed by atoms with Crippen molar-refractivity contribution in [2.45, 2.75) is 44.7 Å². The predicted molar refractivity (Wildman–Crippen MR) is 102 cm³/mol. The Morgan fingerprint density at radius 3 is 2.53 bits per heavy atom. The minimum Gasteiger partial charge on any atom is -0.363 e. The molecule has 0 bridgehead atoms. The third-order valence-corrected chi connectivity index (χ3v) is 5.79. The van der Waals surface area contributed by atoms with Crippen LogP contribution in [-0.4, -0.2) is 39.6 Å². The van der Waals surface area contributed by atoms with E-state index in [1.54, 1.807) is 4.90 Å². The number of fused-ring (bicyclic) bond motifs is 1. The number of likely N-dealkylation sites (tertiary alicyclic amines) is 1. The van der Waals surface area contributed by atoms with Crippen LogP contribution in [0.4, 0.5) is 13.2 Å². The average Bonchev–Trinajstić information content (AvgIpc) is 2.74. The minimum atomic E-state index is -4.63. The maximum atomic E-state index is 12.8. The molecule has 1 atom stereocenters. The Hall–Kier alpha value is -2.68. The molecule has 1 aromatic carbocycles. The molecule has 0 N–H and O–H groups in total. The number of carbonyl (C=O) groups is 1. The molecule has 3 heterocycles. The summed E-state index contributed by atoms with van der Waals surface area (Å²) in [7, 11) is 0. The second kappa shape index (κ2) is 8.22. The highest BCUT2D eigenvalue weighted by Crippen LogP contribution is 2.27. The molecule has 2 aliphatic rings. The number of carbonyl (C=O) groups excluding carboxylic acids is 1. The SMILES string of the molecule is O=C(C1Cc2ccccc2CO1)N1CCC(Cn2cnc(C(F)(F)F)cc2=O)CC1. The third-order valence-electron chi connectivity index (χ3n) is 5.79. The quantitative estimate of drug-likeness (QED) is 0.765. The first-order chi connectivity index (χ1) is 14.3. The van der Waals surface area contributed by atoms with Gasteiger partial charge in [0.25, 0.3) is 11.5 Å². The Labute approximate surface area is 171 Å². The van der Waals surface area contributed by atoms with E-state index < -0.39 is 23.5 Å². The summed E-state index contributed by atoms with van der Waals surface area (Å²) in [6.45, 7) is 1.79. The summed E-state index contributed by atoms with van der Waals surface area (Å²) in [5.74, 6) is 0.0644. The molecule has 0 radical (unpaired) electrons. The topological polar surface area (TPSA) is 64.4 Å². The summed E-state index contributed by atoms with van der Waals surface area (Å²) in [5, 5.41) is 0. The minimum absolute atomic E-state index is 0.0312. The molecule has 0 spiro atoms. The van der Waals surface area contributed by atoms with Crippen LogP contribution in [0, 0.1) is 5.92 Å². The van der Waals surface area contributed by atoms with Crippen LogP contribution in [0.15, 0.2) is 41.5 Å². The number of aromatic nitrogens is 2. The highest BCUT2D eigenvalue weighted by atomic mass is 19.4. The van der Waals surface area contributed by atoms with Gasteiger partial charge < -0.3 is 9.64 Å². The monoisotopic (exact) mass is 421 g/mol. The molecular weight excluding hydrogens is 399 g/mol. The Morgan fingerprint density at radius 1 is 1.17 bits per heavy atom. The van der Waals surface area contributed by atoms with Gasteiger partial charge in [0.05, 0.1) is 12.9 Å². The summed E-state index contributed by atoms with van der Waals surface area (Å²) in [5.41, 5.74) is 0.338. The Kier molecular flexibility index (Phi) is 5.64. The zero-order valence-corrected chi connectivity index (χ0v) is 16.3. The number of benzene rings is 1. The van der Waals surface area contributed by atoms with Gasteiger partial charge >= 0.3 is 6.18 Å². The fraction of sp³-hybridized carbons (Fsp3) is 0.476. The lowest BCUT2D eigenvalue weighted by molar-refractivity contribution is -0.147. The van der Waals surface area contributed by atoms with Gasteiger partial charge in [0.1, 0.15) is 6.10 Å². The number of rotatable bonds is 3. The zero-order chi connectivity index (χ0) is 21.3. The molecule has 1 aromatic heterocycles. The molecule has 1 amide bonds. The van der Waals surface area contributed by atoms with E-state index in [2.05, 4.69) is 4.98 Å². The normalized spacial score (nSPS) is 20.1. The molecule has 0 aliphatic carbocycles. The number of alkyl halides is 3. The van der Waals surface area contributed by atoms with E-state index in [0.29, 0.717) is 51.6 Å². The van der Waals surface area contributed by atoms with Gasteiger partial charge in [-0.3, -0.25) is 14.2 Å². The van der Waals surface area contributed by atoms with Crippen molar-refractivity contribution >= 4 is 5.91 Å². The van der Waals surface area contributed by atoms with E-state index in [4.69, 9.17) is 4.74 Å². The molecule has 160 valence electrons. The van der Waals surface area contributed by atoms with Crippen molar-refractivity contribution in [3.05, 3.63) is 63.8 Å². The predicted octanol–water partition coefficient (Wildman–Crippen LogP) is 2.64. The zero-order valence-electron chi connectivity index (χ0n) is 16.3. The molecule has 0 saturated carbocycles. The van der Waals surface area contributed by atoms with Gasteiger partial charge in [-0.25, -0.2) is 4.98 Å². The lowest BCUT2D eigenvalue weighted by Gasteiger charge is -2.35. The summed E-state index contributed by atoms with van der Waals surface area (Å²) in [6.07, 6.45) is -2.27. The van der Waals surface area contributed by atoms with E-state index in [1.165, 1.54) is 4.57 Å². The van der Waals surface area contributed by atoms with Crippen LogP contribution in [0.3, 0.4) is 0 Å². The van der Waals surface area contributed by atoms with Crippen LogP contribution in [-0.2, 0) is 35.3 Å². The highest BCUT2D eigenvalue weighted by molar-refractivity contribution is 5.81. The molecule has 9 heteroatoms. The van der Waals surface area contributed by atoms with Crippen LogP contribution >= 0.6 is 0 Å². The van der Waals surface area contributed by atoms with Crippen LogP contribution in [0.25, 0.3) is 0 Å². The van der Waals surface area contributed by atoms with Crippen molar-refractivity contribution < 1.29 is 22.7 Å². The Bertz CT molecular complexity index is 981. The molecule has 1 unspecified atom stereocenters. The average molecular weight is 421 g/mol. The smallest absolute Gasteiger partial charge is 0.363 e. The molecule has 4 rings (SSSR count). The summed E-state index contributed by atoms with van der Waals surface area (Å²) in [4.78, 5) is 30.0. The fourth-order valence-electron chi connectivity index (χ4n) is 4.04. The number of hydrogen-bond acceptors (Lipinski definition) is 4. The summed E-state index contributed by atoms with van der Waals surface area (Å²) < 4.78 is 44.9. The van der Waals surface area contributed by atoms with Crippen LogP contribution in [0.5, 0.6) is 0 Å². The Morgan fingerprint density at radius 2 is 1.87 bits per heavy atom. The van der Waals surface area contributed by atoms with Gasteiger partial charge in [0, 0.05) is 32.1 Å². The number of piperidine rings is 1. The first-order valence-corrected chi connectivity index (χ1v) is 9.92. The maximum Gasteiger partial charge on any atom is 0.433 e. The van der Waals surface area contributed by atoms with E-state index in [1.807, 2.05) is 24.3 Å². The van der Waals surface area contributed by atoms with E-state index in [9.17, 15) is 22.8 Å². The van der Waals surface area contributed by atoms with Crippen LogP contribution in [0.1, 0.15) is 29.7 Å². The molecule has 1 saturated heterocycles. The molecule has 6 nitrogen and oxygen atoms in total. The van der Waals surface area contributed by atoms with Crippen molar-refractivity contribution in [1.29, 1.82) is 0 Å². The number of hydrogen-bond donors (Lipinski definition) is 0. The molecule has 2 aliphatic heterocycles. The second-order valence-electron chi connectivity index (χ2n) is 7.80. The van der Waals surface area contributed by atoms with E-state index in [0.717, 1.165) is 17.5 Å². The van der Waals surface area contributed by atoms with E-state index in [-0.39, 0.29) is 11.8 Å². The fourth-order valence-corrected chi connectivity index (χ4v) is 4.04. The second-order valence-corrected chi connectivity index (χ2v) is 7.80. The first-order valence-electron chi connectivity index (χ1n) is 9.92. The van der Waals surface area contributed by atoms with Crippen molar-refractivity contribution in [2.24, 2.45) is 5.92 Å². The maximum absolute atomic E-state index is 12.8. The number of ether oxygens (including phenoxy) is 1. The Balaban J connectivity index is 1.32. The van der Waals surface area contributed by atoms with Crippen molar-refractivity contribution in [2.75, 3.05) is 13.1 Å². The summed E-state index contributed by atoms with van der Waals surface area (Å²) >= 11 is 0. The van der Waals surface area contributed by atoms with Gasteiger partial charge in [0.2, 0.25) is 0 Å². The van der Waals surface area contributed by atoms with Crippen LogP contribution < -0.4 is 5.56 Å². The van der Waals surface area contributed by atoms with Gasteiger partial charge in [-0.1, -0.05) is 24.3 Å². The molecule has 1 fully saturated rings. The highest BCUT2D eigenvalue weighted by Gasteiger charge is 2.34. The lowest BCUT2D eigenvalue weighted by Crippen LogP contribution is -2.47. The van der Waals surface area contributed by atoms with Gasteiger partial charge in [-0.15, -0.1) is 0 Å². The first kappa shape index (κ1) is 20.6. The largest absolute Gasteiger partial charge is 0.433 e. The van der Waals surface area contributed by atoms with Crippen molar-refractivity contribution in [1.82, 2.24) is 14.5 Å². The standard InChI is InChI=1S/C21H22F3N3O3/c22-21(23,24)18-10-19(28)27(13-25-18)11-14-5-7-26(8-6-14)20(29)17-9-15-3-1-2-4-16(15)12-30-17/h1-4,10,13-14,17H,5-9,11-12H2. The molecule has 2 aromatic rings. The summed E-state index contributed by atoms with van der Waals surface area (Å²) in [6, 6.07) is 8.44. The number of halogens is 3. The molecular formula is C21H22F3N3O3. The molecule has 30 heavy (non-hydrogen) atoms. The lowest BCUT2D eigenvalue weighted by atomic mass is 9.94. The van der Waals surface area contributed by atoms with Crippen molar-refractivity contribution in [3.63, 3.8) is 0 Å². The van der Waals surface area contributed by atoms with Crippen LogP contribution in [0.2, 0.25) is 0 Å². The third kappa shape index (κ3) is 4.40. The van der Waals surface area contributed by atoms with Crippen molar-refractivity contribution in [3.8, 4) is 0 Å². The van der Waals surface area contributed by atoms with Gasteiger partial charge in [0.15, 0.2) is 5.69 Å². The van der Waals surface area contributed by atoms with E-state index >= 15 is 0 Å². The number of amides is 1. The number of nitrogens with zero attached hydrogens (tertiary/aromatic N) is 3. The van der Waals surface area contributed by atoms with Gasteiger partial charge in [-0.2, -0.15) is 13.2 Å². The van der Waals surface area contributed by atoms with Gasteiger partial charge in [-0.05, 0) is 29.9 Å².